The number of carbonyl (C=O) groups excluding carboxylic acids is 4. The summed E-state index contributed by atoms with van der Waals surface area (Å²) >= 11 is 0. The highest BCUT2D eigenvalue weighted by Gasteiger charge is 2.49. The Labute approximate surface area is 212 Å². The van der Waals surface area contributed by atoms with Crippen molar-refractivity contribution in [2.24, 2.45) is 0 Å². The average molecular weight is 500 g/mol. The summed E-state index contributed by atoms with van der Waals surface area (Å²) in [5.41, 5.74) is 0.721. The Hall–Kier alpha value is -3.36. The molecule has 36 heavy (non-hydrogen) atoms. The molecular weight excluding hydrogens is 462 g/mol. The van der Waals surface area contributed by atoms with E-state index in [1.165, 1.54) is 12.0 Å². The fourth-order valence-electron chi connectivity index (χ4n) is 4.77. The van der Waals surface area contributed by atoms with Gasteiger partial charge in [0.2, 0.25) is 11.8 Å². The number of fused-ring (bicyclic) bond motifs is 1. The van der Waals surface area contributed by atoms with Crippen LogP contribution in [0.15, 0.2) is 35.9 Å². The summed E-state index contributed by atoms with van der Waals surface area (Å²) in [6, 6.07) is 5.50. The van der Waals surface area contributed by atoms with E-state index in [2.05, 4.69) is 10.6 Å². The topological polar surface area (TPSA) is 114 Å². The van der Waals surface area contributed by atoms with Gasteiger partial charge in [0.15, 0.2) is 0 Å². The molecule has 0 aromatic heterocycles. The molecule has 1 aromatic rings. The lowest BCUT2D eigenvalue weighted by molar-refractivity contribution is -0.146. The Morgan fingerprint density at radius 1 is 1.25 bits per heavy atom. The van der Waals surface area contributed by atoms with Crippen molar-refractivity contribution in [1.82, 2.24) is 10.2 Å². The lowest BCUT2D eigenvalue weighted by Gasteiger charge is -2.32. The number of esters is 1. The maximum Gasteiger partial charge on any atom is 0.410 e. The van der Waals surface area contributed by atoms with Crippen molar-refractivity contribution in [1.29, 1.82) is 0 Å². The number of likely N-dealkylation sites (tertiary alicyclic amines) is 1. The number of nitrogens with one attached hydrogen (secondary N) is 2. The lowest BCUT2D eigenvalue weighted by atomic mass is 9.73. The van der Waals surface area contributed by atoms with Gasteiger partial charge in [0.1, 0.15) is 17.7 Å². The summed E-state index contributed by atoms with van der Waals surface area (Å²) in [5.74, 6) is -1.36. The molecule has 1 fully saturated rings. The van der Waals surface area contributed by atoms with Gasteiger partial charge in [-0.25, -0.2) is 9.59 Å². The third-order valence-corrected chi connectivity index (χ3v) is 6.52. The molecule has 1 aromatic carbocycles. The minimum absolute atomic E-state index is 0.0111. The number of methoxy groups -OCH3 is 1. The van der Waals surface area contributed by atoms with Crippen molar-refractivity contribution in [3.05, 3.63) is 41.5 Å². The molecule has 0 radical (unpaired) electrons. The van der Waals surface area contributed by atoms with Crippen LogP contribution >= 0.6 is 0 Å². The van der Waals surface area contributed by atoms with Crippen LogP contribution in [0.1, 0.15) is 65.9 Å². The Morgan fingerprint density at radius 3 is 2.58 bits per heavy atom. The third-order valence-electron chi connectivity index (χ3n) is 6.52. The number of benzene rings is 1. The zero-order valence-electron chi connectivity index (χ0n) is 22.0. The number of carbonyl (C=O) groups is 4. The molecule has 0 spiro atoms. The molecule has 2 heterocycles. The molecule has 0 bridgehead atoms. The van der Waals surface area contributed by atoms with Gasteiger partial charge in [0, 0.05) is 12.2 Å². The monoisotopic (exact) mass is 499 g/mol. The van der Waals surface area contributed by atoms with Crippen molar-refractivity contribution in [2.75, 3.05) is 19.0 Å². The molecule has 3 atom stereocenters. The van der Waals surface area contributed by atoms with Gasteiger partial charge in [-0.05, 0) is 71.9 Å². The zero-order valence-corrected chi connectivity index (χ0v) is 22.0. The number of nitrogens with zero attached hydrogens (tertiary/aromatic N) is 1. The zero-order chi connectivity index (χ0) is 26.7. The van der Waals surface area contributed by atoms with E-state index in [0.29, 0.717) is 31.5 Å². The Bertz CT molecular complexity index is 1060. The highest BCUT2D eigenvalue weighted by atomic mass is 16.6. The van der Waals surface area contributed by atoms with E-state index >= 15 is 0 Å². The molecule has 0 saturated carbocycles. The van der Waals surface area contributed by atoms with E-state index < -0.39 is 41.1 Å². The van der Waals surface area contributed by atoms with Crippen molar-refractivity contribution < 1.29 is 28.7 Å². The van der Waals surface area contributed by atoms with Crippen LogP contribution in [0, 0.1) is 0 Å². The van der Waals surface area contributed by atoms with Crippen LogP contribution in [-0.4, -0.2) is 60.1 Å². The minimum atomic E-state index is -1.09. The van der Waals surface area contributed by atoms with E-state index in [1.807, 2.05) is 44.2 Å². The van der Waals surface area contributed by atoms with Gasteiger partial charge in [-0.15, -0.1) is 0 Å². The highest BCUT2D eigenvalue weighted by Crippen LogP contribution is 2.44. The number of hydrogen-bond acceptors (Lipinski definition) is 6. The molecule has 2 aliphatic heterocycles. The van der Waals surface area contributed by atoms with Crippen molar-refractivity contribution in [3.8, 4) is 0 Å². The number of allylic oxidation sites excluding steroid dienone is 2. The first-order valence-electron chi connectivity index (χ1n) is 12.3. The van der Waals surface area contributed by atoms with Crippen LogP contribution < -0.4 is 10.6 Å². The van der Waals surface area contributed by atoms with Gasteiger partial charge in [-0.2, -0.15) is 0 Å². The van der Waals surface area contributed by atoms with Gasteiger partial charge in [0.05, 0.1) is 12.5 Å². The first-order chi connectivity index (χ1) is 16.9. The van der Waals surface area contributed by atoms with E-state index in [4.69, 9.17) is 9.47 Å². The maximum absolute atomic E-state index is 13.4. The van der Waals surface area contributed by atoms with Crippen molar-refractivity contribution >= 4 is 29.6 Å². The van der Waals surface area contributed by atoms with E-state index in [1.54, 1.807) is 20.8 Å². The standard InChI is InChI=1S/C27H37N3O6/c1-17(2)13-14-27(18-10-7-8-11-19(18)29-24(27)33)16-20(23(32)35-6)28-22(31)21-12-9-15-30(21)25(34)36-26(3,4)5/h7-8,10-11,13,20-21H,9,12,14-16H2,1-6H3,(H,28,31)(H,29,33)/t20?,21-,27-/m0/s1. The summed E-state index contributed by atoms with van der Waals surface area (Å²) in [7, 11) is 1.25. The molecule has 196 valence electrons. The maximum atomic E-state index is 13.4. The van der Waals surface area contributed by atoms with Crippen LogP contribution in [0.4, 0.5) is 10.5 Å². The summed E-state index contributed by atoms with van der Waals surface area (Å²) in [6.07, 6.45) is 2.84. The second kappa shape index (κ2) is 10.7. The summed E-state index contributed by atoms with van der Waals surface area (Å²) in [4.78, 5) is 53.6. The second-order valence-corrected chi connectivity index (χ2v) is 10.7. The normalized spacial score (nSPS) is 21.8. The predicted octanol–water partition coefficient (Wildman–Crippen LogP) is 3.68. The molecule has 3 amide bonds. The Kier molecular flexibility index (Phi) is 8.11. The number of amides is 3. The molecule has 2 N–H and O–H groups in total. The van der Waals surface area contributed by atoms with Gasteiger partial charge >= 0.3 is 12.1 Å². The lowest BCUT2D eigenvalue weighted by Crippen LogP contribution is -2.54. The molecular formula is C27H37N3O6. The second-order valence-electron chi connectivity index (χ2n) is 10.7. The van der Waals surface area contributed by atoms with Crippen molar-refractivity contribution in [3.63, 3.8) is 0 Å². The fraction of sp³-hybridized carbons (Fsp3) is 0.556. The first-order valence-corrected chi connectivity index (χ1v) is 12.3. The van der Waals surface area contributed by atoms with Crippen LogP contribution in [0.25, 0.3) is 0 Å². The molecule has 1 unspecified atom stereocenters. The average Bonchev–Trinajstić information content (AvgIpc) is 3.39. The quantitative estimate of drug-likeness (QED) is 0.437. The third kappa shape index (κ3) is 5.88. The van der Waals surface area contributed by atoms with Crippen LogP contribution in [0.5, 0.6) is 0 Å². The Balaban J connectivity index is 1.89. The molecule has 2 aliphatic rings. The smallest absolute Gasteiger partial charge is 0.410 e. The van der Waals surface area contributed by atoms with Gasteiger partial charge < -0.3 is 20.1 Å². The molecule has 1 saturated heterocycles. The van der Waals surface area contributed by atoms with E-state index in [-0.39, 0.29) is 12.3 Å². The molecule has 9 heteroatoms. The molecule has 0 aliphatic carbocycles. The molecule has 9 nitrogen and oxygen atoms in total. The molecule has 3 rings (SSSR count). The minimum Gasteiger partial charge on any atom is -0.467 e. The van der Waals surface area contributed by atoms with Crippen LogP contribution in [-0.2, 0) is 29.3 Å². The summed E-state index contributed by atoms with van der Waals surface area (Å²) in [6.45, 7) is 9.56. The van der Waals surface area contributed by atoms with E-state index in [9.17, 15) is 19.2 Å². The SMILES string of the molecule is COC(=O)C(C[C@]1(CC=C(C)C)C(=O)Nc2ccccc21)NC(=O)[C@@H]1CCCN1C(=O)OC(C)(C)C. The number of ether oxygens (including phenoxy) is 2. The van der Waals surface area contributed by atoms with Crippen molar-refractivity contribution in [2.45, 2.75) is 83.4 Å². The number of para-hydroxylation sites is 1. The van der Waals surface area contributed by atoms with Gasteiger partial charge in [-0.1, -0.05) is 29.8 Å². The first kappa shape index (κ1) is 27.2. The number of hydrogen-bond donors (Lipinski definition) is 2. The fourth-order valence-corrected chi connectivity index (χ4v) is 4.77. The van der Waals surface area contributed by atoms with Crippen LogP contribution in [0.3, 0.4) is 0 Å². The van der Waals surface area contributed by atoms with Gasteiger partial charge in [-0.3, -0.25) is 14.5 Å². The summed E-state index contributed by atoms with van der Waals surface area (Å²) in [5, 5.41) is 5.71. The highest BCUT2D eigenvalue weighted by molar-refractivity contribution is 6.07. The van der Waals surface area contributed by atoms with E-state index in [0.717, 1.165) is 11.1 Å². The number of rotatable bonds is 7. The predicted molar refractivity (Wildman–Crippen MR) is 135 cm³/mol. The number of anilines is 1. The van der Waals surface area contributed by atoms with Gasteiger partial charge in [0.25, 0.3) is 0 Å². The largest absolute Gasteiger partial charge is 0.467 e. The van der Waals surface area contributed by atoms with Crippen LogP contribution in [0.2, 0.25) is 0 Å². The Morgan fingerprint density at radius 2 is 1.94 bits per heavy atom. The summed E-state index contributed by atoms with van der Waals surface area (Å²) < 4.78 is 10.5.